The Balaban J connectivity index is 2.24. The molecule has 0 aromatic heterocycles. The monoisotopic (exact) mass is 325 g/mol. The highest BCUT2D eigenvalue weighted by molar-refractivity contribution is 6.35. The first-order chi connectivity index (χ1) is 10.0. The number of amides is 1. The Labute approximate surface area is 132 Å². The number of nitrogens with one attached hydrogen (secondary N) is 1. The molecule has 6 heteroatoms. The summed E-state index contributed by atoms with van der Waals surface area (Å²) in [4.78, 5) is 12.2. The molecular weight excluding hydrogens is 313 g/mol. The molecule has 0 aliphatic rings. The molecule has 0 atom stereocenters. The fraction of sp³-hybridized carbons (Fsp3) is 0.133. The molecule has 21 heavy (non-hydrogen) atoms. The Kier molecular flexibility index (Phi) is 4.94. The zero-order valence-electron chi connectivity index (χ0n) is 11.4. The summed E-state index contributed by atoms with van der Waals surface area (Å²) in [6.07, 6.45) is 0. The van der Waals surface area contributed by atoms with Gasteiger partial charge in [-0.05, 0) is 36.4 Å². The van der Waals surface area contributed by atoms with Gasteiger partial charge in [0, 0.05) is 21.3 Å². The second-order valence-electron chi connectivity index (χ2n) is 4.18. The van der Waals surface area contributed by atoms with Gasteiger partial charge in [0.1, 0.15) is 0 Å². The van der Waals surface area contributed by atoms with Crippen LogP contribution in [0.3, 0.4) is 0 Å². The predicted octanol–water partition coefficient (Wildman–Crippen LogP) is 4.26. The van der Waals surface area contributed by atoms with Gasteiger partial charge in [0.05, 0.1) is 14.2 Å². The second-order valence-corrected chi connectivity index (χ2v) is 5.05. The summed E-state index contributed by atoms with van der Waals surface area (Å²) < 4.78 is 10.3. The topological polar surface area (TPSA) is 47.6 Å². The first-order valence-corrected chi connectivity index (χ1v) is 6.78. The van der Waals surface area contributed by atoms with E-state index in [1.165, 1.54) is 14.2 Å². The smallest absolute Gasteiger partial charge is 0.255 e. The van der Waals surface area contributed by atoms with Gasteiger partial charge in [-0.1, -0.05) is 23.2 Å². The number of hydrogen-bond donors (Lipinski definition) is 1. The van der Waals surface area contributed by atoms with E-state index in [0.29, 0.717) is 32.8 Å². The van der Waals surface area contributed by atoms with Crippen molar-refractivity contribution >= 4 is 34.8 Å². The minimum Gasteiger partial charge on any atom is -0.493 e. The number of halogens is 2. The van der Waals surface area contributed by atoms with Crippen LogP contribution < -0.4 is 14.8 Å². The van der Waals surface area contributed by atoms with E-state index in [-0.39, 0.29) is 5.91 Å². The van der Waals surface area contributed by atoms with Crippen LogP contribution in [0.1, 0.15) is 10.4 Å². The van der Waals surface area contributed by atoms with Crippen LogP contribution in [0.4, 0.5) is 5.69 Å². The van der Waals surface area contributed by atoms with Crippen LogP contribution in [0.15, 0.2) is 36.4 Å². The second kappa shape index (κ2) is 6.70. The van der Waals surface area contributed by atoms with Gasteiger partial charge >= 0.3 is 0 Å². The molecule has 0 bridgehead atoms. The summed E-state index contributed by atoms with van der Waals surface area (Å²) in [5.41, 5.74) is 0.955. The fourth-order valence-electron chi connectivity index (χ4n) is 1.81. The zero-order valence-corrected chi connectivity index (χ0v) is 13.0. The van der Waals surface area contributed by atoms with Gasteiger partial charge in [0.2, 0.25) is 0 Å². The maximum atomic E-state index is 12.2. The summed E-state index contributed by atoms with van der Waals surface area (Å²) in [7, 11) is 3.04. The van der Waals surface area contributed by atoms with Gasteiger partial charge in [0.25, 0.3) is 5.91 Å². The minimum absolute atomic E-state index is 0.297. The van der Waals surface area contributed by atoms with Crippen molar-refractivity contribution in [1.29, 1.82) is 0 Å². The molecule has 2 rings (SSSR count). The molecule has 0 saturated carbocycles. The zero-order chi connectivity index (χ0) is 15.4. The molecule has 0 spiro atoms. The largest absolute Gasteiger partial charge is 0.493 e. The molecule has 0 unspecified atom stereocenters. The van der Waals surface area contributed by atoms with Crippen molar-refractivity contribution in [3.05, 3.63) is 52.0 Å². The third-order valence-corrected chi connectivity index (χ3v) is 3.20. The quantitative estimate of drug-likeness (QED) is 0.913. The molecule has 0 fully saturated rings. The lowest BCUT2D eigenvalue weighted by atomic mass is 10.2. The predicted molar refractivity (Wildman–Crippen MR) is 84.0 cm³/mol. The Morgan fingerprint density at radius 2 is 1.57 bits per heavy atom. The average Bonchev–Trinajstić information content (AvgIpc) is 2.45. The number of methoxy groups -OCH3 is 2. The van der Waals surface area contributed by atoms with E-state index < -0.39 is 0 Å². The van der Waals surface area contributed by atoms with Crippen molar-refractivity contribution in [3.8, 4) is 11.5 Å². The molecule has 0 aliphatic carbocycles. The molecule has 0 radical (unpaired) electrons. The van der Waals surface area contributed by atoms with Crippen LogP contribution in [0.25, 0.3) is 0 Å². The molecule has 2 aromatic rings. The van der Waals surface area contributed by atoms with Crippen molar-refractivity contribution in [2.45, 2.75) is 0 Å². The van der Waals surface area contributed by atoms with Crippen molar-refractivity contribution in [2.75, 3.05) is 19.5 Å². The molecule has 0 heterocycles. The van der Waals surface area contributed by atoms with E-state index in [2.05, 4.69) is 5.32 Å². The summed E-state index contributed by atoms with van der Waals surface area (Å²) in [6.45, 7) is 0. The fourth-order valence-corrected chi connectivity index (χ4v) is 2.33. The van der Waals surface area contributed by atoms with E-state index in [1.54, 1.807) is 36.4 Å². The van der Waals surface area contributed by atoms with Gasteiger partial charge < -0.3 is 14.8 Å². The first kappa shape index (κ1) is 15.5. The number of hydrogen-bond acceptors (Lipinski definition) is 3. The summed E-state index contributed by atoms with van der Waals surface area (Å²) >= 11 is 11.8. The van der Waals surface area contributed by atoms with Crippen LogP contribution in [0.2, 0.25) is 10.0 Å². The van der Waals surface area contributed by atoms with Crippen LogP contribution in [-0.4, -0.2) is 20.1 Å². The lowest BCUT2D eigenvalue weighted by Gasteiger charge is -2.10. The number of rotatable bonds is 4. The van der Waals surface area contributed by atoms with Gasteiger partial charge in [-0.25, -0.2) is 0 Å². The lowest BCUT2D eigenvalue weighted by Crippen LogP contribution is -2.12. The third-order valence-electron chi connectivity index (χ3n) is 2.77. The van der Waals surface area contributed by atoms with Crippen molar-refractivity contribution in [3.63, 3.8) is 0 Å². The Morgan fingerprint density at radius 1 is 0.952 bits per heavy atom. The minimum atomic E-state index is -0.297. The van der Waals surface area contributed by atoms with E-state index in [9.17, 15) is 4.79 Å². The molecule has 0 saturated heterocycles. The van der Waals surface area contributed by atoms with E-state index in [0.717, 1.165) is 0 Å². The highest BCUT2D eigenvalue weighted by Gasteiger charge is 2.11. The normalized spacial score (nSPS) is 10.1. The third kappa shape index (κ3) is 3.80. The van der Waals surface area contributed by atoms with Crippen LogP contribution >= 0.6 is 23.2 Å². The number of anilines is 1. The van der Waals surface area contributed by atoms with E-state index in [4.69, 9.17) is 32.7 Å². The maximum absolute atomic E-state index is 12.2. The van der Waals surface area contributed by atoms with Crippen LogP contribution in [0.5, 0.6) is 11.5 Å². The Bertz CT molecular complexity index is 654. The highest BCUT2D eigenvalue weighted by atomic mass is 35.5. The van der Waals surface area contributed by atoms with Crippen LogP contribution in [0, 0.1) is 0 Å². The molecule has 1 N–H and O–H groups in total. The highest BCUT2D eigenvalue weighted by Crippen LogP contribution is 2.28. The lowest BCUT2D eigenvalue weighted by molar-refractivity contribution is 0.102. The molecule has 1 amide bonds. The SMILES string of the molecule is COc1ccc(C(=O)Nc2cc(Cl)cc(Cl)c2)cc1OC. The summed E-state index contributed by atoms with van der Waals surface area (Å²) in [5, 5.41) is 3.62. The van der Waals surface area contributed by atoms with E-state index >= 15 is 0 Å². The molecule has 2 aromatic carbocycles. The van der Waals surface area contributed by atoms with Crippen LogP contribution in [-0.2, 0) is 0 Å². The first-order valence-electron chi connectivity index (χ1n) is 6.03. The van der Waals surface area contributed by atoms with E-state index in [1.807, 2.05) is 0 Å². The Morgan fingerprint density at radius 3 is 2.14 bits per heavy atom. The molecule has 0 aliphatic heterocycles. The number of ether oxygens (including phenoxy) is 2. The Hall–Kier alpha value is -1.91. The van der Waals surface area contributed by atoms with Gasteiger partial charge in [0.15, 0.2) is 11.5 Å². The molecule has 110 valence electrons. The van der Waals surface area contributed by atoms with Gasteiger partial charge in [-0.15, -0.1) is 0 Å². The maximum Gasteiger partial charge on any atom is 0.255 e. The summed E-state index contributed by atoms with van der Waals surface area (Å²) in [6, 6.07) is 9.73. The molecule has 4 nitrogen and oxygen atoms in total. The number of carbonyl (C=O) groups is 1. The van der Waals surface area contributed by atoms with Crippen molar-refractivity contribution < 1.29 is 14.3 Å². The summed E-state index contributed by atoms with van der Waals surface area (Å²) in [5.74, 6) is 0.739. The van der Waals surface area contributed by atoms with Gasteiger partial charge in [-0.3, -0.25) is 4.79 Å². The number of benzene rings is 2. The van der Waals surface area contributed by atoms with Crippen molar-refractivity contribution in [2.24, 2.45) is 0 Å². The molecular formula is C15H13Cl2NO3. The van der Waals surface area contributed by atoms with Gasteiger partial charge in [-0.2, -0.15) is 0 Å². The van der Waals surface area contributed by atoms with Crippen molar-refractivity contribution in [1.82, 2.24) is 0 Å². The number of carbonyl (C=O) groups excluding carboxylic acids is 1. The average molecular weight is 326 g/mol. The standard InChI is InChI=1S/C15H13Cl2NO3/c1-20-13-4-3-9(5-14(13)21-2)15(19)18-12-7-10(16)6-11(17)8-12/h3-8H,1-2H3,(H,18,19).